The van der Waals surface area contributed by atoms with Gasteiger partial charge in [-0.3, -0.25) is 10.5 Å². The van der Waals surface area contributed by atoms with Gasteiger partial charge in [0.1, 0.15) is 0 Å². The normalized spacial score (nSPS) is 8.85. The highest BCUT2D eigenvalue weighted by Crippen LogP contribution is 2.05. The first kappa shape index (κ1) is 12.1. The molecule has 2 heteroatoms. The number of rotatable bonds is 4. The molecule has 0 heterocycles. The molecule has 0 saturated carbocycles. The summed E-state index contributed by atoms with van der Waals surface area (Å²) in [7, 11) is 0. The molecule has 0 aliphatic heterocycles. The molecule has 2 nitrogen and oxygen atoms in total. The molecule has 74 valence electrons. The Hall–Kier alpha value is -0.860. The minimum atomic E-state index is 1.24. The molecule has 1 aromatic carbocycles. The number of hydrogen-bond donors (Lipinski definition) is 2. The Bertz CT molecular complexity index is 185. The molecule has 1 rings (SSSR count). The Kier molecular flexibility index (Phi) is 8.62. The summed E-state index contributed by atoms with van der Waals surface area (Å²) in [5.74, 6) is 0. The fourth-order valence-electron chi connectivity index (χ4n) is 1.22. The van der Waals surface area contributed by atoms with Crippen molar-refractivity contribution in [1.82, 2.24) is 0 Å². The molecule has 0 fully saturated rings. The molecule has 2 N–H and O–H groups in total. The van der Waals surface area contributed by atoms with Crippen LogP contribution in [-0.4, -0.2) is 10.5 Å². The summed E-state index contributed by atoms with van der Waals surface area (Å²) in [4.78, 5) is 0. The number of aryl methyl sites for hydroxylation is 1. The fourth-order valence-corrected chi connectivity index (χ4v) is 1.22. The van der Waals surface area contributed by atoms with Gasteiger partial charge < -0.3 is 0 Å². The standard InChI is InChI=1S/C11H16.H2O2/c1-2-3-5-8-11-9-6-4-7-10-11;1-2/h4,6-7,9-10H,2-3,5,8H2,1H3;1-2H. The monoisotopic (exact) mass is 182 g/mol. The van der Waals surface area contributed by atoms with Crippen LogP contribution in [0.3, 0.4) is 0 Å². The van der Waals surface area contributed by atoms with Gasteiger partial charge in [0, 0.05) is 0 Å². The lowest BCUT2D eigenvalue weighted by atomic mass is 10.1. The van der Waals surface area contributed by atoms with Gasteiger partial charge in [0.05, 0.1) is 0 Å². The third kappa shape index (κ3) is 6.31. The van der Waals surface area contributed by atoms with Crippen molar-refractivity contribution in [3.05, 3.63) is 35.9 Å². The van der Waals surface area contributed by atoms with E-state index in [0.29, 0.717) is 0 Å². The van der Waals surface area contributed by atoms with Gasteiger partial charge >= 0.3 is 0 Å². The van der Waals surface area contributed by atoms with Crippen LogP contribution in [0.1, 0.15) is 31.7 Å². The van der Waals surface area contributed by atoms with Crippen LogP contribution in [0.4, 0.5) is 0 Å². The molecule has 0 amide bonds. The smallest absolute Gasteiger partial charge is 0.0279 e. The number of hydrogen-bond acceptors (Lipinski definition) is 2. The van der Waals surface area contributed by atoms with E-state index in [2.05, 4.69) is 37.3 Å². The van der Waals surface area contributed by atoms with E-state index >= 15 is 0 Å². The summed E-state index contributed by atoms with van der Waals surface area (Å²) in [6, 6.07) is 10.7. The largest absolute Gasteiger partial charge is 0.255 e. The van der Waals surface area contributed by atoms with Crippen molar-refractivity contribution in [3.63, 3.8) is 0 Å². The predicted octanol–water partition coefficient (Wildman–Crippen LogP) is 3.44. The Morgan fingerprint density at radius 1 is 1.00 bits per heavy atom. The number of unbranched alkanes of at least 4 members (excludes halogenated alkanes) is 2. The van der Waals surface area contributed by atoms with Crippen LogP contribution >= 0.6 is 0 Å². The maximum absolute atomic E-state index is 6.00. The second kappa shape index (κ2) is 9.23. The molecule has 13 heavy (non-hydrogen) atoms. The minimum Gasteiger partial charge on any atom is -0.255 e. The van der Waals surface area contributed by atoms with Gasteiger partial charge in [0.15, 0.2) is 0 Å². The summed E-state index contributed by atoms with van der Waals surface area (Å²) < 4.78 is 0. The molecule has 0 aliphatic rings. The number of benzene rings is 1. The van der Waals surface area contributed by atoms with E-state index in [-0.39, 0.29) is 0 Å². The van der Waals surface area contributed by atoms with Crippen LogP contribution in [0.2, 0.25) is 0 Å². The molecule has 0 atom stereocenters. The fraction of sp³-hybridized carbons (Fsp3) is 0.455. The first-order chi connectivity index (χ1) is 6.43. The lowest BCUT2D eigenvalue weighted by Gasteiger charge is -1.98. The summed E-state index contributed by atoms with van der Waals surface area (Å²) in [6.07, 6.45) is 5.25. The quantitative estimate of drug-likeness (QED) is 0.425. The molecule has 0 radical (unpaired) electrons. The lowest BCUT2D eigenvalue weighted by molar-refractivity contribution is -0.176. The van der Waals surface area contributed by atoms with Crippen LogP contribution in [0, 0.1) is 0 Å². The Morgan fingerprint density at radius 3 is 2.15 bits per heavy atom. The topological polar surface area (TPSA) is 40.5 Å². The van der Waals surface area contributed by atoms with Crippen LogP contribution in [0.25, 0.3) is 0 Å². The van der Waals surface area contributed by atoms with E-state index in [1.165, 1.54) is 31.2 Å². The Labute approximate surface area is 79.8 Å². The first-order valence-electron chi connectivity index (χ1n) is 4.67. The highest BCUT2D eigenvalue weighted by molar-refractivity contribution is 5.14. The van der Waals surface area contributed by atoms with Gasteiger partial charge in [-0.1, -0.05) is 50.1 Å². The Morgan fingerprint density at radius 2 is 1.62 bits per heavy atom. The van der Waals surface area contributed by atoms with Gasteiger partial charge in [0.2, 0.25) is 0 Å². The molecule has 0 saturated heterocycles. The summed E-state index contributed by atoms with van der Waals surface area (Å²) in [5.41, 5.74) is 1.47. The zero-order valence-corrected chi connectivity index (χ0v) is 8.11. The van der Waals surface area contributed by atoms with Gasteiger partial charge in [-0.2, -0.15) is 0 Å². The van der Waals surface area contributed by atoms with Crippen molar-refractivity contribution >= 4 is 0 Å². The summed E-state index contributed by atoms with van der Waals surface area (Å²) in [6.45, 7) is 2.24. The third-order valence-electron chi connectivity index (χ3n) is 1.91. The maximum atomic E-state index is 6.00. The summed E-state index contributed by atoms with van der Waals surface area (Å²) >= 11 is 0. The van der Waals surface area contributed by atoms with E-state index in [4.69, 9.17) is 10.5 Å². The van der Waals surface area contributed by atoms with Gasteiger partial charge in [-0.05, 0) is 18.4 Å². The molecule has 0 unspecified atom stereocenters. The van der Waals surface area contributed by atoms with E-state index in [9.17, 15) is 0 Å². The highest BCUT2D eigenvalue weighted by Gasteiger charge is 1.89. The van der Waals surface area contributed by atoms with Gasteiger partial charge in [-0.25, -0.2) is 0 Å². The van der Waals surface area contributed by atoms with Crippen molar-refractivity contribution in [1.29, 1.82) is 0 Å². The van der Waals surface area contributed by atoms with E-state index < -0.39 is 0 Å². The molecule has 0 aromatic heterocycles. The zero-order chi connectivity index (χ0) is 9.94. The van der Waals surface area contributed by atoms with Crippen molar-refractivity contribution < 1.29 is 10.5 Å². The Balaban J connectivity index is 0.000000671. The summed E-state index contributed by atoms with van der Waals surface area (Å²) in [5, 5.41) is 12.0. The van der Waals surface area contributed by atoms with Crippen LogP contribution < -0.4 is 0 Å². The molecular weight excluding hydrogens is 164 g/mol. The average molecular weight is 182 g/mol. The van der Waals surface area contributed by atoms with E-state index in [1.54, 1.807) is 0 Å². The van der Waals surface area contributed by atoms with Gasteiger partial charge in [-0.15, -0.1) is 0 Å². The second-order valence-corrected chi connectivity index (χ2v) is 2.94. The zero-order valence-electron chi connectivity index (χ0n) is 8.11. The van der Waals surface area contributed by atoms with Crippen LogP contribution in [0.15, 0.2) is 30.3 Å². The molecular formula is C11H18O2. The van der Waals surface area contributed by atoms with Crippen molar-refractivity contribution in [2.24, 2.45) is 0 Å². The molecule has 0 spiro atoms. The van der Waals surface area contributed by atoms with Crippen LogP contribution in [0.5, 0.6) is 0 Å². The van der Waals surface area contributed by atoms with Crippen molar-refractivity contribution in [2.45, 2.75) is 32.6 Å². The highest BCUT2D eigenvalue weighted by atomic mass is 17.0. The van der Waals surface area contributed by atoms with Gasteiger partial charge in [0.25, 0.3) is 0 Å². The molecule has 0 aliphatic carbocycles. The van der Waals surface area contributed by atoms with Crippen molar-refractivity contribution in [2.75, 3.05) is 0 Å². The van der Waals surface area contributed by atoms with Crippen molar-refractivity contribution in [3.8, 4) is 0 Å². The minimum absolute atomic E-state index is 1.24. The SMILES string of the molecule is CCCCCc1ccccc1.OO. The molecule has 1 aromatic rings. The van der Waals surface area contributed by atoms with E-state index in [1.807, 2.05) is 0 Å². The average Bonchev–Trinajstić information content (AvgIpc) is 2.23. The third-order valence-corrected chi connectivity index (χ3v) is 1.91. The van der Waals surface area contributed by atoms with E-state index in [0.717, 1.165) is 0 Å². The second-order valence-electron chi connectivity index (χ2n) is 2.94. The first-order valence-corrected chi connectivity index (χ1v) is 4.67. The van der Waals surface area contributed by atoms with Crippen LogP contribution in [-0.2, 0) is 6.42 Å². The molecule has 0 bridgehead atoms. The predicted molar refractivity (Wildman–Crippen MR) is 54.9 cm³/mol. The maximum Gasteiger partial charge on any atom is -0.0279 e. The lowest BCUT2D eigenvalue weighted by Crippen LogP contribution is -1.83.